The van der Waals surface area contributed by atoms with E-state index in [9.17, 15) is 9.59 Å². The van der Waals surface area contributed by atoms with E-state index in [1.807, 2.05) is 66.9 Å². The van der Waals surface area contributed by atoms with Crippen molar-refractivity contribution in [2.45, 2.75) is 26.8 Å². The number of benzene rings is 2. The van der Waals surface area contributed by atoms with Crippen molar-refractivity contribution in [3.63, 3.8) is 0 Å². The van der Waals surface area contributed by atoms with Crippen molar-refractivity contribution in [1.82, 2.24) is 9.99 Å². The third kappa shape index (κ3) is 6.26. The Labute approximate surface area is 205 Å². The van der Waals surface area contributed by atoms with Gasteiger partial charge in [-0.1, -0.05) is 35.9 Å². The molecule has 1 amide bonds. The normalized spacial score (nSPS) is 11.0. The second-order valence-corrected chi connectivity index (χ2v) is 8.37. The Balaban J connectivity index is 1.71. The third-order valence-electron chi connectivity index (χ3n) is 5.38. The molecule has 178 valence electrons. The van der Waals surface area contributed by atoms with Crippen LogP contribution in [0.1, 0.15) is 35.0 Å². The van der Waals surface area contributed by atoms with Crippen LogP contribution >= 0.6 is 11.6 Å². The highest BCUT2D eigenvalue weighted by atomic mass is 35.5. The summed E-state index contributed by atoms with van der Waals surface area (Å²) in [6.45, 7) is 4.28. The van der Waals surface area contributed by atoms with Crippen LogP contribution in [0.3, 0.4) is 0 Å². The molecule has 0 fully saturated rings. The highest BCUT2D eigenvalue weighted by molar-refractivity contribution is 6.30. The van der Waals surface area contributed by atoms with E-state index in [-0.39, 0.29) is 24.9 Å². The van der Waals surface area contributed by atoms with Crippen LogP contribution in [0.15, 0.2) is 59.7 Å². The minimum atomic E-state index is -0.386. The molecule has 2 aromatic carbocycles. The van der Waals surface area contributed by atoms with Crippen LogP contribution in [-0.4, -0.2) is 43.4 Å². The number of nitrogens with zero attached hydrogens (tertiary/aromatic N) is 3. The summed E-state index contributed by atoms with van der Waals surface area (Å²) < 4.78 is 7.14. The van der Waals surface area contributed by atoms with Crippen LogP contribution in [0, 0.1) is 6.92 Å². The van der Waals surface area contributed by atoms with E-state index in [0.29, 0.717) is 17.1 Å². The van der Waals surface area contributed by atoms with E-state index < -0.39 is 0 Å². The predicted octanol–water partition coefficient (Wildman–Crippen LogP) is 4.90. The molecule has 7 nitrogen and oxygen atoms in total. The van der Waals surface area contributed by atoms with Crippen molar-refractivity contribution in [1.29, 1.82) is 0 Å². The van der Waals surface area contributed by atoms with Crippen molar-refractivity contribution in [2.75, 3.05) is 25.6 Å². The van der Waals surface area contributed by atoms with Crippen LogP contribution in [0.4, 0.5) is 5.69 Å². The average Bonchev–Trinajstić information content (AvgIpc) is 3.15. The average molecular weight is 481 g/mol. The van der Waals surface area contributed by atoms with Crippen LogP contribution in [0.25, 0.3) is 11.3 Å². The summed E-state index contributed by atoms with van der Waals surface area (Å²) in [4.78, 5) is 26.9. The Morgan fingerprint density at radius 2 is 1.79 bits per heavy atom. The molecule has 1 heterocycles. The summed E-state index contributed by atoms with van der Waals surface area (Å²) >= 11 is 6.03. The highest BCUT2D eigenvalue weighted by Crippen LogP contribution is 2.28. The number of rotatable bonds is 9. The van der Waals surface area contributed by atoms with Gasteiger partial charge in [0.15, 0.2) is 0 Å². The minimum absolute atomic E-state index is 0.190. The lowest BCUT2D eigenvalue weighted by molar-refractivity contribution is -0.121. The molecular weight excluding hydrogens is 452 g/mol. The molecule has 0 saturated carbocycles. The summed E-state index contributed by atoms with van der Waals surface area (Å²) in [5.74, 6) is -0.614. The number of hydrazone groups is 1. The number of aromatic nitrogens is 1. The van der Waals surface area contributed by atoms with Crippen molar-refractivity contribution >= 4 is 35.4 Å². The van der Waals surface area contributed by atoms with E-state index in [2.05, 4.69) is 10.5 Å². The molecule has 0 saturated heterocycles. The SMILES string of the molecule is CCOC(=O)c1cc(-c2ccc(Cl)cc2)n(CCC(=O)N/N=C/c2ccc(N(C)C)cc2)c1C. The quantitative estimate of drug-likeness (QED) is 0.268. The largest absolute Gasteiger partial charge is 0.462 e. The number of ether oxygens (including phenoxy) is 1. The number of anilines is 1. The van der Waals surface area contributed by atoms with Crippen molar-refractivity contribution < 1.29 is 14.3 Å². The van der Waals surface area contributed by atoms with E-state index in [1.54, 1.807) is 31.3 Å². The minimum Gasteiger partial charge on any atom is -0.462 e. The predicted molar refractivity (Wildman–Crippen MR) is 137 cm³/mol. The summed E-state index contributed by atoms with van der Waals surface area (Å²) in [5.41, 5.74) is 7.46. The van der Waals surface area contributed by atoms with E-state index in [1.165, 1.54) is 0 Å². The molecular formula is C26H29ClN4O3. The first kappa shape index (κ1) is 25.1. The first-order chi connectivity index (χ1) is 16.3. The molecule has 0 atom stereocenters. The number of esters is 1. The number of halogens is 1. The van der Waals surface area contributed by atoms with Crippen LogP contribution in [0.5, 0.6) is 0 Å². The van der Waals surface area contributed by atoms with E-state index in [4.69, 9.17) is 16.3 Å². The molecule has 0 aliphatic rings. The van der Waals surface area contributed by atoms with Gasteiger partial charge in [0.2, 0.25) is 5.91 Å². The van der Waals surface area contributed by atoms with Gasteiger partial charge in [0.1, 0.15) is 0 Å². The fraction of sp³-hybridized carbons (Fsp3) is 0.269. The number of carbonyl (C=O) groups excluding carboxylic acids is 2. The van der Waals surface area contributed by atoms with Gasteiger partial charge < -0.3 is 14.2 Å². The Morgan fingerprint density at radius 3 is 2.41 bits per heavy atom. The van der Waals surface area contributed by atoms with Crippen molar-refractivity contribution in [3.05, 3.63) is 76.4 Å². The summed E-state index contributed by atoms with van der Waals surface area (Å²) in [6.07, 6.45) is 1.80. The maximum Gasteiger partial charge on any atom is 0.339 e. The maximum atomic E-state index is 12.4. The zero-order chi connectivity index (χ0) is 24.7. The number of hydrogen-bond donors (Lipinski definition) is 1. The molecule has 0 spiro atoms. The lowest BCUT2D eigenvalue weighted by atomic mass is 10.1. The molecule has 3 rings (SSSR count). The van der Waals surface area contributed by atoms with Gasteiger partial charge in [-0.3, -0.25) is 4.79 Å². The zero-order valence-corrected chi connectivity index (χ0v) is 20.6. The first-order valence-corrected chi connectivity index (χ1v) is 11.4. The first-order valence-electron chi connectivity index (χ1n) is 11.0. The number of amides is 1. The van der Waals surface area contributed by atoms with Crippen molar-refractivity contribution in [2.24, 2.45) is 5.10 Å². The van der Waals surface area contributed by atoms with Gasteiger partial charge in [-0.05, 0) is 55.3 Å². The van der Waals surface area contributed by atoms with Crippen LogP contribution in [-0.2, 0) is 16.1 Å². The second kappa shape index (κ2) is 11.5. The molecule has 0 aliphatic carbocycles. The van der Waals surface area contributed by atoms with Crippen molar-refractivity contribution in [3.8, 4) is 11.3 Å². The van der Waals surface area contributed by atoms with Gasteiger partial charge in [-0.15, -0.1) is 0 Å². The molecule has 3 aromatic rings. The lowest BCUT2D eigenvalue weighted by Crippen LogP contribution is -2.20. The van der Waals surface area contributed by atoms with Gasteiger partial charge >= 0.3 is 5.97 Å². The fourth-order valence-electron chi connectivity index (χ4n) is 3.52. The zero-order valence-electron chi connectivity index (χ0n) is 19.8. The summed E-state index contributed by atoms with van der Waals surface area (Å²) in [5, 5.41) is 4.69. The van der Waals surface area contributed by atoms with Gasteiger partial charge in [-0.25, -0.2) is 10.2 Å². The molecule has 8 heteroatoms. The highest BCUT2D eigenvalue weighted by Gasteiger charge is 2.20. The third-order valence-corrected chi connectivity index (χ3v) is 5.63. The standard InChI is InChI=1S/C26H29ClN4O3/c1-5-34-26(33)23-16-24(20-8-10-21(27)11-9-20)31(18(23)2)15-14-25(32)29-28-17-19-6-12-22(13-7-19)30(3)4/h6-13,16-17H,5,14-15H2,1-4H3,(H,29,32)/b28-17+. The number of nitrogens with one attached hydrogen (secondary N) is 1. The van der Waals surface area contributed by atoms with Gasteiger partial charge in [-0.2, -0.15) is 5.10 Å². The van der Waals surface area contributed by atoms with E-state index >= 15 is 0 Å². The molecule has 0 bridgehead atoms. The Kier molecular flexibility index (Phi) is 8.49. The maximum absolute atomic E-state index is 12.4. The number of carbonyl (C=O) groups is 2. The second-order valence-electron chi connectivity index (χ2n) is 7.94. The van der Waals surface area contributed by atoms with Gasteiger partial charge in [0.05, 0.1) is 18.4 Å². The molecule has 1 N–H and O–H groups in total. The molecule has 0 radical (unpaired) electrons. The Morgan fingerprint density at radius 1 is 1.12 bits per heavy atom. The smallest absolute Gasteiger partial charge is 0.339 e. The van der Waals surface area contributed by atoms with Crippen LogP contribution < -0.4 is 10.3 Å². The van der Waals surface area contributed by atoms with Gasteiger partial charge in [0, 0.05) is 49.2 Å². The fourth-order valence-corrected chi connectivity index (χ4v) is 3.64. The Bertz CT molecular complexity index is 1170. The Hall–Kier alpha value is -3.58. The topological polar surface area (TPSA) is 75.9 Å². The van der Waals surface area contributed by atoms with E-state index in [0.717, 1.165) is 28.2 Å². The lowest BCUT2D eigenvalue weighted by Gasteiger charge is -2.12. The number of hydrogen-bond acceptors (Lipinski definition) is 5. The van der Waals surface area contributed by atoms with Crippen LogP contribution in [0.2, 0.25) is 5.02 Å². The molecule has 0 unspecified atom stereocenters. The monoisotopic (exact) mass is 480 g/mol. The van der Waals surface area contributed by atoms with Gasteiger partial charge in [0.25, 0.3) is 0 Å². The molecule has 34 heavy (non-hydrogen) atoms. The molecule has 0 aliphatic heterocycles. The summed E-state index contributed by atoms with van der Waals surface area (Å²) in [6, 6.07) is 17.0. The molecule has 1 aromatic heterocycles. The summed E-state index contributed by atoms with van der Waals surface area (Å²) in [7, 11) is 3.95.